The van der Waals surface area contributed by atoms with Gasteiger partial charge in [0.1, 0.15) is 0 Å². The molecule has 4 rings (SSSR count). The first kappa shape index (κ1) is 16.8. The molecule has 9 heteroatoms. The number of benzene rings is 1. The standard InChI is InChI=1S/C17H15Cl2N7/c1-9-13(19)10(2)26(24-9)17-22-15(14-16(23-17)25(3)8-20-14)21-12-6-4-11(18)5-7-12/h4-8H,1-3H3,(H,21,22,23). The van der Waals surface area contributed by atoms with Crippen molar-refractivity contribution in [3.63, 3.8) is 0 Å². The van der Waals surface area contributed by atoms with Crippen LogP contribution in [0.2, 0.25) is 10.0 Å². The van der Waals surface area contributed by atoms with E-state index < -0.39 is 0 Å². The molecule has 0 aliphatic carbocycles. The summed E-state index contributed by atoms with van der Waals surface area (Å²) in [4.78, 5) is 13.6. The summed E-state index contributed by atoms with van der Waals surface area (Å²) < 4.78 is 3.47. The van der Waals surface area contributed by atoms with E-state index in [0.29, 0.717) is 33.0 Å². The summed E-state index contributed by atoms with van der Waals surface area (Å²) in [5, 5.41) is 8.99. The van der Waals surface area contributed by atoms with Gasteiger partial charge in [-0.1, -0.05) is 23.2 Å². The highest BCUT2D eigenvalue weighted by Crippen LogP contribution is 2.26. The minimum absolute atomic E-state index is 0.421. The maximum Gasteiger partial charge on any atom is 0.254 e. The van der Waals surface area contributed by atoms with Gasteiger partial charge in [0.15, 0.2) is 17.0 Å². The number of hydrogen-bond donors (Lipinski definition) is 1. The molecule has 0 atom stereocenters. The van der Waals surface area contributed by atoms with Crippen LogP contribution in [-0.4, -0.2) is 29.3 Å². The number of nitrogens with one attached hydrogen (secondary N) is 1. The number of nitrogens with zero attached hydrogens (tertiary/aromatic N) is 6. The third kappa shape index (κ3) is 2.79. The first-order valence-corrected chi connectivity index (χ1v) is 8.63. The molecule has 0 fully saturated rings. The molecule has 0 saturated heterocycles. The zero-order valence-electron chi connectivity index (χ0n) is 14.3. The predicted molar refractivity (Wildman–Crippen MR) is 103 cm³/mol. The van der Waals surface area contributed by atoms with Crippen molar-refractivity contribution in [3.8, 4) is 5.95 Å². The van der Waals surface area contributed by atoms with Crippen molar-refractivity contribution < 1.29 is 0 Å². The molecule has 0 aliphatic heterocycles. The molecule has 3 heterocycles. The maximum atomic E-state index is 6.28. The van der Waals surface area contributed by atoms with E-state index in [1.165, 1.54) is 0 Å². The maximum absolute atomic E-state index is 6.28. The Balaban J connectivity index is 1.88. The molecule has 0 radical (unpaired) electrons. The van der Waals surface area contributed by atoms with Crippen molar-refractivity contribution in [1.29, 1.82) is 0 Å². The highest BCUT2D eigenvalue weighted by molar-refractivity contribution is 6.31. The number of aromatic nitrogens is 6. The molecule has 7 nitrogen and oxygen atoms in total. The van der Waals surface area contributed by atoms with Crippen LogP contribution in [0.3, 0.4) is 0 Å². The Labute approximate surface area is 159 Å². The highest BCUT2D eigenvalue weighted by atomic mass is 35.5. The summed E-state index contributed by atoms with van der Waals surface area (Å²) in [6.07, 6.45) is 1.70. The van der Waals surface area contributed by atoms with Crippen LogP contribution >= 0.6 is 23.2 Å². The fraction of sp³-hybridized carbons (Fsp3) is 0.176. The zero-order chi connectivity index (χ0) is 18.4. The fourth-order valence-corrected chi connectivity index (χ4v) is 2.91. The second kappa shape index (κ2) is 6.26. The van der Waals surface area contributed by atoms with Crippen molar-refractivity contribution in [2.75, 3.05) is 5.32 Å². The molecule has 4 aromatic rings. The van der Waals surface area contributed by atoms with Gasteiger partial charge in [0.05, 0.1) is 22.7 Å². The van der Waals surface area contributed by atoms with Gasteiger partial charge in [0.2, 0.25) is 0 Å². The lowest BCUT2D eigenvalue weighted by molar-refractivity contribution is 0.776. The molecule has 0 aliphatic rings. The van der Waals surface area contributed by atoms with Crippen molar-refractivity contribution in [2.45, 2.75) is 13.8 Å². The lowest BCUT2D eigenvalue weighted by Gasteiger charge is -2.09. The number of halogens is 2. The third-order valence-corrected chi connectivity index (χ3v) is 4.85. The van der Waals surface area contributed by atoms with E-state index in [0.717, 1.165) is 17.1 Å². The summed E-state index contributed by atoms with van der Waals surface area (Å²) in [5.41, 5.74) is 3.71. The molecule has 0 unspecified atom stereocenters. The molecule has 132 valence electrons. The van der Waals surface area contributed by atoms with Crippen LogP contribution in [0.15, 0.2) is 30.6 Å². The monoisotopic (exact) mass is 387 g/mol. The molecule has 1 aromatic carbocycles. The molecule has 0 bridgehead atoms. The normalized spacial score (nSPS) is 11.3. The lowest BCUT2D eigenvalue weighted by atomic mass is 10.3. The van der Waals surface area contributed by atoms with Gasteiger partial charge < -0.3 is 9.88 Å². The Morgan fingerprint density at radius 3 is 2.42 bits per heavy atom. The van der Waals surface area contributed by atoms with Crippen LogP contribution in [0.5, 0.6) is 0 Å². The van der Waals surface area contributed by atoms with E-state index in [-0.39, 0.29) is 0 Å². The van der Waals surface area contributed by atoms with Crippen molar-refractivity contribution in [3.05, 3.63) is 52.0 Å². The zero-order valence-corrected chi connectivity index (χ0v) is 15.8. The SMILES string of the molecule is Cc1nn(-c2nc(Nc3ccc(Cl)cc3)c3ncn(C)c3n2)c(C)c1Cl. The van der Waals surface area contributed by atoms with Crippen LogP contribution < -0.4 is 5.32 Å². The fourth-order valence-electron chi connectivity index (χ4n) is 2.67. The second-order valence-electron chi connectivity index (χ2n) is 5.93. The Kier molecular flexibility index (Phi) is 4.05. The number of anilines is 2. The van der Waals surface area contributed by atoms with Crippen LogP contribution in [-0.2, 0) is 7.05 Å². The van der Waals surface area contributed by atoms with Gasteiger partial charge in [-0.15, -0.1) is 0 Å². The van der Waals surface area contributed by atoms with Crippen LogP contribution in [0.4, 0.5) is 11.5 Å². The average molecular weight is 388 g/mol. The van der Waals surface area contributed by atoms with Gasteiger partial charge in [-0.2, -0.15) is 15.1 Å². The largest absolute Gasteiger partial charge is 0.338 e. The van der Waals surface area contributed by atoms with Crippen LogP contribution in [0.25, 0.3) is 17.1 Å². The van der Waals surface area contributed by atoms with E-state index in [1.54, 1.807) is 11.0 Å². The number of imidazole rings is 1. The molecule has 3 aromatic heterocycles. The molecule has 26 heavy (non-hydrogen) atoms. The first-order chi connectivity index (χ1) is 12.4. The van der Waals surface area contributed by atoms with E-state index in [4.69, 9.17) is 23.2 Å². The number of rotatable bonds is 3. The molecule has 0 amide bonds. The summed E-state index contributed by atoms with van der Waals surface area (Å²) in [7, 11) is 1.88. The van der Waals surface area contributed by atoms with Gasteiger partial charge in [-0.05, 0) is 38.1 Å². The van der Waals surface area contributed by atoms with E-state index >= 15 is 0 Å². The van der Waals surface area contributed by atoms with Gasteiger partial charge in [0, 0.05) is 17.8 Å². The predicted octanol–water partition coefficient (Wildman–Crippen LogP) is 4.22. The first-order valence-electron chi connectivity index (χ1n) is 7.88. The summed E-state index contributed by atoms with van der Waals surface area (Å²) in [6, 6.07) is 7.36. The third-order valence-electron chi connectivity index (χ3n) is 4.05. The summed E-state index contributed by atoms with van der Waals surface area (Å²) >= 11 is 12.2. The quantitative estimate of drug-likeness (QED) is 0.569. The molecular weight excluding hydrogens is 373 g/mol. The van der Waals surface area contributed by atoms with Gasteiger partial charge in [-0.25, -0.2) is 9.67 Å². The van der Waals surface area contributed by atoms with Crippen LogP contribution in [0.1, 0.15) is 11.4 Å². The Morgan fingerprint density at radius 2 is 1.77 bits per heavy atom. The second-order valence-corrected chi connectivity index (χ2v) is 6.74. The number of aryl methyl sites for hydroxylation is 2. The number of hydrogen-bond acceptors (Lipinski definition) is 5. The van der Waals surface area contributed by atoms with E-state index in [2.05, 4.69) is 25.4 Å². The summed E-state index contributed by atoms with van der Waals surface area (Å²) in [6.45, 7) is 3.73. The minimum Gasteiger partial charge on any atom is -0.338 e. The minimum atomic E-state index is 0.421. The van der Waals surface area contributed by atoms with Crippen molar-refractivity contribution in [1.82, 2.24) is 29.3 Å². The average Bonchev–Trinajstić information content (AvgIpc) is 3.12. The molecule has 0 spiro atoms. The molecule has 0 saturated carbocycles. The van der Waals surface area contributed by atoms with Gasteiger partial charge in [-0.3, -0.25) is 0 Å². The topological polar surface area (TPSA) is 73.5 Å². The molecular formula is C17H15Cl2N7. The Bertz CT molecular complexity index is 1110. The van der Waals surface area contributed by atoms with Crippen LogP contribution in [0, 0.1) is 13.8 Å². The van der Waals surface area contributed by atoms with E-state index in [1.807, 2.05) is 49.7 Å². The van der Waals surface area contributed by atoms with E-state index in [9.17, 15) is 0 Å². The Morgan fingerprint density at radius 1 is 1.04 bits per heavy atom. The summed E-state index contributed by atoms with van der Waals surface area (Å²) in [5.74, 6) is 1.00. The van der Waals surface area contributed by atoms with Crippen molar-refractivity contribution in [2.24, 2.45) is 7.05 Å². The van der Waals surface area contributed by atoms with Gasteiger partial charge >= 0.3 is 0 Å². The lowest BCUT2D eigenvalue weighted by Crippen LogP contribution is -2.08. The van der Waals surface area contributed by atoms with Crippen molar-refractivity contribution >= 4 is 45.9 Å². The highest BCUT2D eigenvalue weighted by Gasteiger charge is 2.17. The number of fused-ring (bicyclic) bond motifs is 1. The Hall–Kier alpha value is -2.64. The smallest absolute Gasteiger partial charge is 0.254 e. The molecule has 1 N–H and O–H groups in total. The van der Waals surface area contributed by atoms with Gasteiger partial charge in [0.25, 0.3) is 5.95 Å².